The highest BCUT2D eigenvalue weighted by molar-refractivity contribution is 6.03. The van der Waals surface area contributed by atoms with Crippen molar-refractivity contribution in [1.29, 1.82) is 0 Å². The van der Waals surface area contributed by atoms with E-state index in [0.29, 0.717) is 32.0 Å². The van der Waals surface area contributed by atoms with Crippen molar-refractivity contribution >= 4 is 17.8 Å². The van der Waals surface area contributed by atoms with Crippen molar-refractivity contribution in [2.45, 2.75) is 12.2 Å². The van der Waals surface area contributed by atoms with Crippen molar-refractivity contribution in [3.63, 3.8) is 0 Å². The van der Waals surface area contributed by atoms with E-state index in [1.54, 1.807) is 4.90 Å². The molecular formula is C20H21F3N4O4. The third-order valence-corrected chi connectivity index (χ3v) is 5.70. The fourth-order valence-electron chi connectivity index (χ4n) is 4.07. The molecule has 1 aromatic carbocycles. The Hall–Kier alpha value is -3.08. The smallest absolute Gasteiger partial charge is 0.378 e. The summed E-state index contributed by atoms with van der Waals surface area (Å²) in [5.74, 6) is -0.837. The van der Waals surface area contributed by atoms with Crippen molar-refractivity contribution in [1.82, 2.24) is 20.0 Å². The maximum Gasteiger partial charge on any atom is 0.416 e. The molecule has 0 saturated carbocycles. The first-order chi connectivity index (χ1) is 14.7. The second-order valence-corrected chi connectivity index (χ2v) is 7.54. The van der Waals surface area contributed by atoms with Crippen molar-refractivity contribution < 1.29 is 32.3 Å². The van der Waals surface area contributed by atoms with Crippen LogP contribution in [0.1, 0.15) is 17.2 Å². The van der Waals surface area contributed by atoms with Gasteiger partial charge in [-0.3, -0.25) is 14.5 Å². The monoisotopic (exact) mass is 438 g/mol. The molecule has 1 fully saturated rings. The molecule has 0 radical (unpaired) electrons. The van der Waals surface area contributed by atoms with E-state index in [0.717, 1.165) is 6.07 Å². The van der Waals surface area contributed by atoms with Crippen LogP contribution in [-0.4, -0.2) is 79.0 Å². The number of amides is 4. The molecule has 1 unspecified atom stereocenters. The van der Waals surface area contributed by atoms with Gasteiger partial charge in [0.1, 0.15) is 6.54 Å². The molecule has 1 saturated heterocycles. The lowest BCUT2D eigenvalue weighted by molar-refractivity contribution is -0.140. The number of nitrogens with one attached hydrogen (secondary N) is 1. The molecule has 0 aromatic heterocycles. The second kappa shape index (κ2) is 7.88. The molecule has 3 heterocycles. The van der Waals surface area contributed by atoms with E-state index in [1.165, 1.54) is 35.0 Å². The van der Waals surface area contributed by atoms with Gasteiger partial charge in [-0.25, -0.2) is 4.79 Å². The van der Waals surface area contributed by atoms with Gasteiger partial charge in [0.25, 0.3) is 5.91 Å². The molecule has 3 aliphatic heterocycles. The number of ether oxygens (including phenoxy) is 1. The third kappa shape index (κ3) is 3.85. The fourth-order valence-corrected chi connectivity index (χ4v) is 4.07. The lowest BCUT2D eigenvalue weighted by Crippen LogP contribution is -2.46. The summed E-state index contributed by atoms with van der Waals surface area (Å²) in [4.78, 5) is 42.3. The summed E-state index contributed by atoms with van der Waals surface area (Å²) < 4.78 is 46.0. The van der Waals surface area contributed by atoms with E-state index < -0.39 is 29.7 Å². The van der Waals surface area contributed by atoms with Gasteiger partial charge in [0, 0.05) is 20.1 Å². The highest BCUT2D eigenvalue weighted by atomic mass is 19.4. The number of nitrogens with zero attached hydrogens (tertiary/aromatic N) is 3. The topological polar surface area (TPSA) is 82.2 Å². The Bertz CT molecular complexity index is 956. The molecule has 4 rings (SSSR count). The van der Waals surface area contributed by atoms with E-state index in [2.05, 4.69) is 5.32 Å². The lowest BCUT2D eigenvalue weighted by Gasteiger charge is -2.32. The van der Waals surface area contributed by atoms with Crippen LogP contribution in [-0.2, 0) is 20.5 Å². The molecule has 1 N–H and O–H groups in total. The van der Waals surface area contributed by atoms with Crippen LogP contribution in [0, 0.1) is 0 Å². The summed E-state index contributed by atoms with van der Waals surface area (Å²) in [6.45, 7) is 1.39. The summed E-state index contributed by atoms with van der Waals surface area (Å²) in [6.07, 6.45) is -4.65. The molecule has 31 heavy (non-hydrogen) atoms. The Balaban J connectivity index is 1.64. The first-order valence-corrected chi connectivity index (χ1v) is 9.76. The van der Waals surface area contributed by atoms with Gasteiger partial charge >= 0.3 is 12.2 Å². The average Bonchev–Trinajstić information content (AvgIpc) is 3.07. The Morgan fingerprint density at radius 1 is 1.19 bits per heavy atom. The number of carbonyl (C=O) groups excluding carboxylic acids is 3. The zero-order valence-electron chi connectivity index (χ0n) is 16.7. The number of carbonyl (C=O) groups is 3. The normalized spacial score (nSPS) is 22.1. The average molecular weight is 438 g/mol. The molecule has 166 valence electrons. The third-order valence-electron chi connectivity index (χ3n) is 5.70. The number of morpholine rings is 1. The molecular weight excluding hydrogens is 417 g/mol. The van der Waals surface area contributed by atoms with E-state index in [4.69, 9.17) is 4.74 Å². The second-order valence-electron chi connectivity index (χ2n) is 7.54. The van der Waals surface area contributed by atoms with Crippen LogP contribution in [0.5, 0.6) is 0 Å². The molecule has 0 spiro atoms. The van der Waals surface area contributed by atoms with Crippen LogP contribution in [0.15, 0.2) is 35.5 Å². The van der Waals surface area contributed by atoms with Gasteiger partial charge in [0.2, 0.25) is 5.91 Å². The summed E-state index contributed by atoms with van der Waals surface area (Å²) >= 11 is 0. The summed E-state index contributed by atoms with van der Waals surface area (Å²) in [7, 11) is 1.44. The summed E-state index contributed by atoms with van der Waals surface area (Å²) in [5.41, 5.74) is -0.787. The van der Waals surface area contributed by atoms with Crippen LogP contribution in [0.2, 0.25) is 0 Å². The number of likely N-dealkylation sites (N-methyl/N-ethyl adjacent to an activating group) is 1. The first-order valence-electron chi connectivity index (χ1n) is 9.76. The summed E-state index contributed by atoms with van der Waals surface area (Å²) in [5, 5.41) is 2.50. The minimum atomic E-state index is -4.65. The predicted molar refractivity (Wildman–Crippen MR) is 101 cm³/mol. The zero-order chi connectivity index (χ0) is 22.3. The number of rotatable bonds is 3. The molecule has 1 aromatic rings. The van der Waals surface area contributed by atoms with Gasteiger partial charge < -0.3 is 19.9 Å². The minimum absolute atomic E-state index is 0.0289. The van der Waals surface area contributed by atoms with Crippen molar-refractivity contribution in [2.24, 2.45) is 0 Å². The Morgan fingerprint density at radius 3 is 2.55 bits per heavy atom. The highest BCUT2D eigenvalue weighted by Crippen LogP contribution is 2.41. The largest absolute Gasteiger partial charge is 0.416 e. The number of hydrogen-bond donors (Lipinski definition) is 1. The van der Waals surface area contributed by atoms with Crippen molar-refractivity contribution in [3.8, 4) is 0 Å². The highest BCUT2D eigenvalue weighted by Gasteiger charge is 2.46. The van der Waals surface area contributed by atoms with Crippen LogP contribution in [0.4, 0.5) is 18.0 Å². The van der Waals surface area contributed by atoms with Crippen LogP contribution in [0.25, 0.3) is 0 Å². The SMILES string of the molecule is CN1C(=O)NC(c2ccccc2C(F)(F)F)C2=C1CN(CC(=O)N1CCOCC1)C2=O. The quantitative estimate of drug-likeness (QED) is 0.773. The van der Waals surface area contributed by atoms with Crippen molar-refractivity contribution in [2.75, 3.05) is 46.4 Å². The Kier molecular flexibility index (Phi) is 5.38. The standard InChI is InChI=1S/C20H21F3N4O4/c1-25-14-10-27(11-15(28)26-6-8-31-9-7-26)18(29)16(14)17(24-19(25)30)12-4-2-3-5-13(12)20(21,22)23/h2-5,17H,6-11H2,1H3,(H,24,30). The predicted octanol–water partition coefficient (Wildman–Crippen LogP) is 1.36. The van der Waals surface area contributed by atoms with Gasteiger partial charge in [-0.15, -0.1) is 0 Å². The van der Waals surface area contributed by atoms with Crippen LogP contribution < -0.4 is 5.32 Å². The van der Waals surface area contributed by atoms with Crippen LogP contribution >= 0.6 is 0 Å². The van der Waals surface area contributed by atoms with Gasteiger partial charge in [-0.05, 0) is 11.6 Å². The summed E-state index contributed by atoms with van der Waals surface area (Å²) in [6, 6.07) is 2.97. The van der Waals surface area contributed by atoms with Gasteiger partial charge in [0.05, 0.1) is 42.6 Å². The molecule has 0 bridgehead atoms. The minimum Gasteiger partial charge on any atom is -0.378 e. The maximum atomic E-state index is 13.6. The molecule has 3 aliphatic rings. The van der Waals surface area contributed by atoms with E-state index in [1.807, 2.05) is 0 Å². The van der Waals surface area contributed by atoms with E-state index >= 15 is 0 Å². The van der Waals surface area contributed by atoms with E-state index in [-0.39, 0.29) is 30.1 Å². The van der Waals surface area contributed by atoms with Gasteiger partial charge in [-0.2, -0.15) is 13.2 Å². The zero-order valence-corrected chi connectivity index (χ0v) is 16.7. The van der Waals surface area contributed by atoms with E-state index in [9.17, 15) is 27.6 Å². The van der Waals surface area contributed by atoms with Gasteiger partial charge in [-0.1, -0.05) is 18.2 Å². The van der Waals surface area contributed by atoms with Gasteiger partial charge in [0.15, 0.2) is 0 Å². The Morgan fingerprint density at radius 2 is 1.87 bits per heavy atom. The molecule has 11 heteroatoms. The molecule has 4 amide bonds. The number of hydrogen-bond acceptors (Lipinski definition) is 4. The fraction of sp³-hybridized carbons (Fsp3) is 0.450. The first kappa shape index (κ1) is 21.2. The number of benzene rings is 1. The lowest BCUT2D eigenvalue weighted by atomic mass is 9.92. The van der Waals surface area contributed by atoms with Crippen LogP contribution in [0.3, 0.4) is 0 Å². The Labute approximate surface area is 176 Å². The maximum absolute atomic E-state index is 13.6. The molecule has 0 aliphatic carbocycles. The number of halogens is 3. The molecule has 1 atom stereocenters. The van der Waals surface area contributed by atoms with Crippen molar-refractivity contribution in [3.05, 3.63) is 46.7 Å². The number of alkyl halides is 3. The molecule has 8 nitrogen and oxygen atoms in total. The number of urea groups is 1.